The molecular formula is C28H38N10O3. The van der Waals surface area contributed by atoms with E-state index >= 15 is 0 Å². The summed E-state index contributed by atoms with van der Waals surface area (Å²) >= 11 is 0. The number of rotatable bonds is 17. The molecule has 2 aromatic heterocycles. The van der Waals surface area contributed by atoms with Crippen molar-refractivity contribution >= 4 is 40.3 Å². The molecule has 0 aliphatic rings. The smallest absolute Gasteiger partial charge is 0.300 e. The molecule has 0 spiro atoms. The molecule has 0 fully saturated rings. The maximum Gasteiger partial charge on any atom is 0.300 e. The van der Waals surface area contributed by atoms with Crippen LogP contribution in [0.3, 0.4) is 0 Å². The summed E-state index contributed by atoms with van der Waals surface area (Å²) in [6, 6.07) is 11.4. The first-order valence-corrected chi connectivity index (χ1v) is 14.1. The molecule has 4 N–H and O–H groups in total. The van der Waals surface area contributed by atoms with Crippen LogP contribution in [0.2, 0.25) is 0 Å². The van der Waals surface area contributed by atoms with Gasteiger partial charge in [0.05, 0.1) is 10.6 Å². The number of fused-ring (bicyclic) bond motifs is 1. The van der Waals surface area contributed by atoms with Gasteiger partial charge in [-0.1, -0.05) is 56.5 Å². The minimum atomic E-state index is -0.492. The van der Waals surface area contributed by atoms with Crippen molar-refractivity contribution in [1.29, 1.82) is 0 Å². The van der Waals surface area contributed by atoms with Crippen molar-refractivity contribution in [2.24, 2.45) is 5.92 Å². The zero-order valence-electron chi connectivity index (χ0n) is 23.8. The number of aromatic nitrogens is 5. The lowest BCUT2D eigenvalue weighted by atomic mass is 10.1. The Balaban J connectivity index is 1.21. The van der Waals surface area contributed by atoms with E-state index in [-0.39, 0.29) is 11.2 Å². The van der Waals surface area contributed by atoms with Gasteiger partial charge in [0, 0.05) is 32.2 Å². The van der Waals surface area contributed by atoms with Crippen molar-refractivity contribution < 1.29 is 9.55 Å². The van der Waals surface area contributed by atoms with Crippen LogP contribution in [0.1, 0.15) is 57.1 Å². The second kappa shape index (κ2) is 14.7. The molecule has 0 saturated heterocycles. The van der Waals surface area contributed by atoms with Gasteiger partial charge in [-0.15, -0.1) is 0 Å². The maximum absolute atomic E-state index is 11.1. The Bertz CT molecular complexity index is 1410. The van der Waals surface area contributed by atoms with Crippen molar-refractivity contribution in [3.8, 4) is 0 Å². The van der Waals surface area contributed by atoms with E-state index in [4.69, 9.17) is 4.63 Å². The Kier molecular flexibility index (Phi) is 10.6. The van der Waals surface area contributed by atoms with Crippen molar-refractivity contribution in [3.63, 3.8) is 0 Å². The summed E-state index contributed by atoms with van der Waals surface area (Å²) in [7, 11) is 0. The van der Waals surface area contributed by atoms with Gasteiger partial charge in [-0.3, -0.25) is 10.1 Å². The Labute approximate surface area is 239 Å². The third-order valence-electron chi connectivity index (χ3n) is 6.50. The number of hydrogen-bond donors (Lipinski definition) is 4. The topological polar surface area (TPSA) is 169 Å². The van der Waals surface area contributed by atoms with Crippen LogP contribution in [0.15, 0.2) is 41.0 Å². The molecule has 0 unspecified atom stereocenters. The van der Waals surface area contributed by atoms with Gasteiger partial charge in [-0.25, -0.2) is 4.63 Å². The number of nitrogens with one attached hydrogen (secondary N) is 4. The zero-order chi connectivity index (χ0) is 29.0. The SMILES string of the molecule is Cc1ccc(CNc2nc(NCCCCCCNc3ccc([N+](=O)[O-])c4nonc34)nc(NCCC(C)C)n2)cc1. The van der Waals surface area contributed by atoms with Gasteiger partial charge >= 0.3 is 5.69 Å². The van der Waals surface area contributed by atoms with Crippen LogP contribution in [0, 0.1) is 23.0 Å². The maximum atomic E-state index is 11.1. The van der Waals surface area contributed by atoms with E-state index in [1.165, 1.54) is 11.6 Å². The van der Waals surface area contributed by atoms with Crippen LogP contribution >= 0.6 is 0 Å². The highest BCUT2D eigenvalue weighted by Gasteiger charge is 2.19. The first-order chi connectivity index (χ1) is 19.9. The number of benzene rings is 2. The molecule has 0 bridgehead atoms. The molecule has 218 valence electrons. The summed E-state index contributed by atoms with van der Waals surface area (Å²) < 4.78 is 4.71. The molecule has 2 aromatic carbocycles. The number of non-ortho nitro benzene ring substituents is 1. The average Bonchev–Trinajstić information content (AvgIpc) is 3.44. The first-order valence-electron chi connectivity index (χ1n) is 14.1. The summed E-state index contributed by atoms with van der Waals surface area (Å²) in [5.74, 6) is 2.22. The lowest BCUT2D eigenvalue weighted by molar-refractivity contribution is -0.383. The van der Waals surface area contributed by atoms with Crippen LogP contribution in [0.4, 0.5) is 29.2 Å². The van der Waals surface area contributed by atoms with E-state index in [0.717, 1.165) is 50.8 Å². The summed E-state index contributed by atoms with van der Waals surface area (Å²) in [4.78, 5) is 24.3. The minimum absolute atomic E-state index is 0.120. The lowest BCUT2D eigenvalue weighted by Crippen LogP contribution is -2.14. The van der Waals surface area contributed by atoms with Gasteiger partial charge in [0.1, 0.15) is 0 Å². The monoisotopic (exact) mass is 562 g/mol. The van der Waals surface area contributed by atoms with E-state index in [0.29, 0.717) is 48.1 Å². The molecule has 13 nitrogen and oxygen atoms in total. The molecule has 0 radical (unpaired) electrons. The normalized spacial score (nSPS) is 11.1. The fourth-order valence-corrected chi connectivity index (χ4v) is 4.14. The van der Waals surface area contributed by atoms with Crippen LogP contribution in [-0.2, 0) is 6.54 Å². The highest BCUT2D eigenvalue weighted by Crippen LogP contribution is 2.28. The van der Waals surface area contributed by atoms with Gasteiger partial charge in [0.15, 0.2) is 5.52 Å². The minimum Gasteiger partial charge on any atom is -0.383 e. The van der Waals surface area contributed by atoms with Crippen LogP contribution < -0.4 is 21.3 Å². The molecule has 2 heterocycles. The average molecular weight is 563 g/mol. The molecule has 0 amide bonds. The fraction of sp³-hybridized carbons (Fsp3) is 0.464. The second-order valence-corrected chi connectivity index (χ2v) is 10.4. The number of nitro benzene ring substituents is 1. The third kappa shape index (κ3) is 8.98. The van der Waals surface area contributed by atoms with Crippen molar-refractivity contribution in [2.45, 2.75) is 59.4 Å². The third-order valence-corrected chi connectivity index (χ3v) is 6.50. The Morgan fingerprint density at radius 1 is 0.780 bits per heavy atom. The number of nitrogens with zero attached hydrogens (tertiary/aromatic N) is 6. The number of anilines is 4. The van der Waals surface area contributed by atoms with Crippen molar-refractivity contribution in [3.05, 3.63) is 57.6 Å². The fourth-order valence-electron chi connectivity index (χ4n) is 4.14. The van der Waals surface area contributed by atoms with E-state index in [1.807, 2.05) is 0 Å². The summed E-state index contributed by atoms with van der Waals surface area (Å²) in [5.41, 5.74) is 3.45. The van der Waals surface area contributed by atoms with Crippen LogP contribution in [0.5, 0.6) is 0 Å². The molecule has 0 aliphatic heterocycles. The highest BCUT2D eigenvalue weighted by atomic mass is 16.6. The van der Waals surface area contributed by atoms with E-state index in [1.54, 1.807) is 6.07 Å². The summed E-state index contributed by atoms with van der Waals surface area (Å²) in [5, 5.41) is 31.9. The Morgan fingerprint density at radius 2 is 1.39 bits per heavy atom. The number of hydrogen-bond acceptors (Lipinski definition) is 12. The predicted molar refractivity (Wildman–Crippen MR) is 160 cm³/mol. The Hall–Kier alpha value is -4.55. The molecule has 41 heavy (non-hydrogen) atoms. The number of nitro groups is 1. The van der Waals surface area contributed by atoms with Gasteiger partial charge in [0.2, 0.25) is 23.4 Å². The van der Waals surface area contributed by atoms with Crippen LogP contribution in [-0.4, -0.2) is 49.8 Å². The van der Waals surface area contributed by atoms with Gasteiger partial charge < -0.3 is 21.3 Å². The van der Waals surface area contributed by atoms with Gasteiger partial charge in [-0.05, 0) is 54.0 Å². The molecule has 0 atom stereocenters. The number of unbranched alkanes of at least 4 members (excludes halogenated alkanes) is 3. The van der Waals surface area contributed by atoms with Gasteiger partial charge in [0.25, 0.3) is 0 Å². The predicted octanol–water partition coefficient (Wildman–Crippen LogP) is 5.78. The molecule has 0 aliphatic carbocycles. The zero-order valence-corrected chi connectivity index (χ0v) is 23.8. The van der Waals surface area contributed by atoms with Crippen molar-refractivity contribution in [1.82, 2.24) is 25.3 Å². The number of aryl methyl sites for hydroxylation is 1. The first kappa shape index (κ1) is 29.4. The molecule has 13 heteroatoms. The van der Waals surface area contributed by atoms with Crippen molar-refractivity contribution in [2.75, 3.05) is 40.9 Å². The molecule has 0 saturated carbocycles. The lowest BCUT2D eigenvalue weighted by Gasteiger charge is -2.12. The highest BCUT2D eigenvalue weighted by molar-refractivity contribution is 5.93. The standard InChI is InChI=1S/C28H38N10O3/c1-19(2)14-17-31-27-33-26(34-28(35-27)32-18-21-10-8-20(3)9-11-21)30-16-7-5-4-6-15-29-22-12-13-23(38(39)40)25-24(22)36-41-37-25/h8-13,19,29H,4-7,14-18H2,1-3H3,(H3,30,31,32,33,34,35). The Morgan fingerprint density at radius 3 is 2.05 bits per heavy atom. The van der Waals surface area contributed by atoms with E-state index in [9.17, 15) is 10.1 Å². The summed E-state index contributed by atoms with van der Waals surface area (Å²) in [6.07, 6.45) is 4.97. The van der Waals surface area contributed by atoms with Gasteiger partial charge in [-0.2, -0.15) is 15.0 Å². The van der Waals surface area contributed by atoms with E-state index < -0.39 is 4.92 Å². The summed E-state index contributed by atoms with van der Waals surface area (Å²) in [6.45, 7) is 9.33. The molecule has 4 rings (SSSR count). The largest absolute Gasteiger partial charge is 0.383 e. The second-order valence-electron chi connectivity index (χ2n) is 10.4. The van der Waals surface area contributed by atoms with E-state index in [2.05, 4.69) is 91.6 Å². The quantitative estimate of drug-likeness (QED) is 0.0696. The van der Waals surface area contributed by atoms with Crippen LogP contribution in [0.25, 0.3) is 11.0 Å². The molecule has 4 aromatic rings. The molecular weight excluding hydrogens is 524 g/mol.